The molecule has 0 aromatic carbocycles. The smallest absolute Gasteiger partial charge is 0.248 e. The molecule has 0 saturated heterocycles. The van der Waals surface area contributed by atoms with Crippen LogP contribution in [0.5, 0.6) is 0 Å². The van der Waals surface area contributed by atoms with Crippen LogP contribution in [0.25, 0.3) is 0 Å². The van der Waals surface area contributed by atoms with Crippen molar-refractivity contribution in [2.45, 2.75) is 20.1 Å². The normalized spacial score (nSPS) is 12.2. The number of carbonyl (C=O) groups excluding carboxylic acids is 1. The van der Waals surface area contributed by atoms with Crippen molar-refractivity contribution in [1.82, 2.24) is 5.32 Å². The Labute approximate surface area is 72.5 Å². The van der Waals surface area contributed by atoms with Gasteiger partial charge in [-0.25, -0.2) is 0 Å². The van der Waals surface area contributed by atoms with Crippen LogP contribution in [0.15, 0.2) is 12.2 Å². The lowest BCUT2D eigenvalue weighted by Gasteiger charge is -2.11. The molecule has 0 aromatic heterocycles. The van der Waals surface area contributed by atoms with Crippen LogP contribution in [-0.4, -0.2) is 26.0 Å². The van der Waals surface area contributed by atoms with Gasteiger partial charge in [-0.3, -0.25) is 4.79 Å². The Bertz CT molecular complexity index is 168. The Kier molecular flexibility index (Phi) is 5.32. The van der Waals surface area contributed by atoms with Crippen molar-refractivity contribution in [2.24, 2.45) is 0 Å². The molecule has 0 aliphatic heterocycles. The van der Waals surface area contributed by atoms with Gasteiger partial charge in [0.2, 0.25) is 5.91 Å². The predicted molar refractivity (Wildman–Crippen MR) is 45.4 cm³/mol. The van der Waals surface area contributed by atoms with E-state index in [-0.39, 0.29) is 18.9 Å². The summed E-state index contributed by atoms with van der Waals surface area (Å²) in [5.41, 5.74) is 0.462. The number of rotatable bonds is 5. The third-order valence-corrected chi connectivity index (χ3v) is 1.27. The highest BCUT2D eigenvalue weighted by Gasteiger charge is 2.01. The molecular weight excluding hydrogens is 158 g/mol. The Balaban J connectivity index is 3.44. The molecule has 1 atom stereocenters. The summed E-state index contributed by atoms with van der Waals surface area (Å²) in [7, 11) is 1.53. The SMILES string of the molecule is C=C(C)C(=O)NCOC(C)OC. The van der Waals surface area contributed by atoms with E-state index in [1.54, 1.807) is 13.8 Å². The molecule has 0 spiro atoms. The van der Waals surface area contributed by atoms with Crippen LogP contribution in [0, 0.1) is 0 Å². The van der Waals surface area contributed by atoms with Gasteiger partial charge >= 0.3 is 0 Å². The van der Waals surface area contributed by atoms with Crippen molar-refractivity contribution < 1.29 is 14.3 Å². The summed E-state index contributed by atoms with van der Waals surface area (Å²) in [5, 5.41) is 2.51. The molecule has 1 amide bonds. The second kappa shape index (κ2) is 5.74. The third-order valence-electron chi connectivity index (χ3n) is 1.27. The summed E-state index contributed by atoms with van der Waals surface area (Å²) in [4.78, 5) is 10.9. The molecule has 4 nitrogen and oxygen atoms in total. The number of ether oxygens (including phenoxy) is 2. The third kappa shape index (κ3) is 4.87. The van der Waals surface area contributed by atoms with Gasteiger partial charge in [0.15, 0.2) is 6.29 Å². The average molecular weight is 173 g/mol. The summed E-state index contributed by atoms with van der Waals surface area (Å²) in [6, 6.07) is 0. The molecule has 0 aromatic rings. The van der Waals surface area contributed by atoms with Crippen molar-refractivity contribution >= 4 is 5.91 Å². The molecule has 0 rings (SSSR count). The van der Waals surface area contributed by atoms with Gasteiger partial charge < -0.3 is 14.8 Å². The lowest BCUT2D eigenvalue weighted by molar-refractivity contribution is -0.131. The zero-order chi connectivity index (χ0) is 9.56. The first kappa shape index (κ1) is 11.1. The number of hydrogen-bond donors (Lipinski definition) is 1. The van der Waals surface area contributed by atoms with Crippen LogP contribution in [0.3, 0.4) is 0 Å². The zero-order valence-corrected chi connectivity index (χ0v) is 7.72. The predicted octanol–water partition coefficient (Wildman–Crippen LogP) is 0.645. The zero-order valence-electron chi connectivity index (χ0n) is 7.72. The van der Waals surface area contributed by atoms with E-state index < -0.39 is 0 Å². The molecule has 0 heterocycles. The van der Waals surface area contributed by atoms with E-state index in [9.17, 15) is 4.79 Å². The molecule has 0 aliphatic rings. The van der Waals surface area contributed by atoms with Crippen molar-refractivity contribution in [1.29, 1.82) is 0 Å². The van der Waals surface area contributed by atoms with E-state index in [1.165, 1.54) is 7.11 Å². The van der Waals surface area contributed by atoms with Crippen LogP contribution in [0.4, 0.5) is 0 Å². The molecule has 1 N–H and O–H groups in total. The van der Waals surface area contributed by atoms with Crippen molar-refractivity contribution in [3.63, 3.8) is 0 Å². The van der Waals surface area contributed by atoms with Crippen molar-refractivity contribution in [3.05, 3.63) is 12.2 Å². The molecule has 0 aliphatic carbocycles. The minimum absolute atomic E-state index is 0.140. The highest BCUT2D eigenvalue weighted by molar-refractivity contribution is 5.91. The van der Waals surface area contributed by atoms with E-state index in [0.717, 1.165) is 0 Å². The standard InChI is InChI=1S/C8H15NO3/c1-6(2)8(10)9-5-12-7(3)11-4/h7H,1,5H2,2-4H3,(H,9,10). The van der Waals surface area contributed by atoms with Crippen LogP contribution >= 0.6 is 0 Å². The highest BCUT2D eigenvalue weighted by Crippen LogP contribution is 1.89. The van der Waals surface area contributed by atoms with Crippen molar-refractivity contribution in [2.75, 3.05) is 13.8 Å². The van der Waals surface area contributed by atoms with E-state index in [4.69, 9.17) is 9.47 Å². The molecule has 0 radical (unpaired) electrons. The topological polar surface area (TPSA) is 47.6 Å². The number of nitrogens with one attached hydrogen (secondary N) is 1. The van der Waals surface area contributed by atoms with Gasteiger partial charge in [0.05, 0.1) is 0 Å². The minimum atomic E-state index is -0.310. The maximum atomic E-state index is 10.9. The van der Waals surface area contributed by atoms with E-state index in [0.29, 0.717) is 5.57 Å². The lowest BCUT2D eigenvalue weighted by atomic mass is 10.3. The Morgan fingerprint density at radius 1 is 1.67 bits per heavy atom. The van der Waals surface area contributed by atoms with Gasteiger partial charge in [0.25, 0.3) is 0 Å². The Hall–Kier alpha value is -0.870. The summed E-state index contributed by atoms with van der Waals surface area (Å²) in [6.45, 7) is 6.99. The molecular formula is C8H15NO3. The van der Waals surface area contributed by atoms with E-state index in [1.807, 2.05) is 0 Å². The molecule has 0 bridgehead atoms. The first-order valence-corrected chi connectivity index (χ1v) is 3.66. The fourth-order valence-electron chi connectivity index (χ4n) is 0.443. The minimum Gasteiger partial charge on any atom is -0.356 e. The average Bonchev–Trinajstić information content (AvgIpc) is 2.03. The summed E-state index contributed by atoms with van der Waals surface area (Å²) < 4.78 is 9.81. The maximum Gasteiger partial charge on any atom is 0.248 e. The molecule has 70 valence electrons. The second-order valence-electron chi connectivity index (χ2n) is 2.40. The fraction of sp³-hybridized carbons (Fsp3) is 0.625. The van der Waals surface area contributed by atoms with Gasteiger partial charge in [-0.15, -0.1) is 0 Å². The van der Waals surface area contributed by atoms with Gasteiger partial charge in [-0.05, 0) is 13.8 Å². The van der Waals surface area contributed by atoms with E-state index >= 15 is 0 Å². The number of hydrogen-bond acceptors (Lipinski definition) is 3. The van der Waals surface area contributed by atoms with Crippen LogP contribution in [0.1, 0.15) is 13.8 Å². The highest BCUT2D eigenvalue weighted by atomic mass is 16.7. The molecule has 1 unspecified atom stereocenters. The summed E-state index contributed by atoms with van der Waals surface area (Å²) in [6.07, 6.45) is -0.310. The Morgan fingerprint density at radius 2 is 2.25 bits per heavy atom. The Morgan fingerprint density at radius 3 is 2.67 bits per heavy atom. The molecule has 4 heteroatoms. The molecule has 0 saturated carbocycles. The van der Waals surface area contributed by atoms with Gasteiger partial charge in [0, 0.05) is 12.7 Å². The van der Waals surface area contributed by atoms with Crippen LogP contribution in [0.2, 0.25) is 0 Å². The molecule has 12 heavy (non-hydrogen) atoms. The van der Waals surface area contributed by atoms with Crippen LogP contribution in [-0.2, 0) is 14.3 Å². The van der Waals surface area contributed by atoms with Gasteiger partial charge in [-0.1, -0.05) is 6.58 Å². The summed E-state index contributed by atoms with van der Waals surface area (Å²) >= 11 is 0. The van der Waals surface area contributed by atoms with Crippen molar-refractivity contribution in [3.8, 4) is 0 Å². The quantitative estimate of drug-likeness (QED) is 0.490. The van der Waals surface area contributed by atoms with Crippen LogP contribution < -0.4 is 5.32 Å². The van der Waals surface area contributed by atoms with Gasteiger partial charge in [-0.2, -0.15) is 0 Å². The second-order valence-corrected chi connectivity index (χ2v) is 2.40. The van der Waals surface area contributed by atoms with Gasteiger partial charge in [0.1, 0.15) is 6.73 Å². The first-order chi connectivity index (χ1) is 5.57. The first-order valence-electron chi connectivity index (χ1n) is 3.66. The monoisotopic (exact) mass is 173 g/mol. The maximum absolute atomic E-state index is 10.9. The number of methoxy groups -OCH3 is 1. The summed E-state index contributed by atoms with van der Waals surface area (Å²) in [5.74, 6) is -0.210. The lowest BCUT2D eigenvalue weighted by Crippen LogP contribution is -2.28. The van der Waals surface area contributed by atoms with E-state index in [2.05, 4.69) is 11.9 Å². The number of carbonyl (C=O) groups is 1. The molecule has 0 fully saturated rings. The fourth-order valence-corrected chi connectivity index (χ4v) is 0.443. The number of amides is 1. The largest absolute Gasteiger partial charge is 0.356 e.